The first-order valence-electron chi connectivity index (χ1n) is 6.95. The fourth-order valence-corrected chi connectivity index (χ4v) is 3.08. The number of fused-ring (bicyclic) bond motifs is 1. The van der Waals surface area contributed by atoms with Crippen LogP contribution in [0.5, 0.6) is 5.75 Å². The lowest BCUT2D eigenvalue weighted by atomic mass is 10.1. The first kappa shape index (κ1) is 16.5. The van der Waals surface area contributed by atoms with Crippen LogP contribution in [-0.2, 0) is 24.1 Å². The summed E-state index contributed by atoms with van der Waals surface area (Å²) in [6.07, 6.45) is -4.45. The predicted octanol–water partition coefficient (Wildman–Crippen LogP) is 4.32. The quantitative estimate of drug-likeness (QED) is 0.732. The molecule has 8 heteroatoms. The molecule has 0 bridgehead atoms. The van der Waals surface area contributed by atoms with Gasteiger partial charge in [-0.3, -0.25) is 0 Å². The summed E-state index contributed by atoms with van der Waals surface area (Å²) >= 11 is 1.01. The van der Waals surface area contributed by atoms with Crippen molar-refractivity contribution in [2.24, 2.45) is 0 Å². The van der Waals surface area contributed by atoms with E-state index in [2.05, 4.69) is 4.98 Å². The summed E-state index contributed by atoms with van der Waals surface area (Å²) in [5.74, 6) is 0.135. The minimum atomic E-state index is -4.45. The van der Waals surface area contributed by atoms with E-state index in [0.29, 0.717) is 15.8 Å². The molecular formula is C16H13F3N2O2S. The van der Waals surface area contributed by atoms with Crippen molar-refractivity contribution in [2.75, 3.05) is 5.73 Å². The number of phenols is 1. The van der Waals surface area contributed by atoms with Gasteiger partial charge in [0.1, 0.15) is 5.75 Å². The smallest absolute Gasteiger partial charge is 0.416 e. The third-order valence-electron chi connectivity index (χ3n) is 3.38. The van der Waals surface area contributed by atoms with Crippen LogP contribution in [0, 0.1) is 0 Å². The number of aromatic nitrogens is 1. The number of phenolic OH excluding ortho intramolecular Hbond substituents is 1. The van der Waals surface area contributed by atoms with Gasteiger partial charge in [-0.1, -0.05) is 23.5 Å². The van der Waals surface area contributed by atoms with Crippen LogP contribution in [0.25, 0.3) is 10.2 Å². The molecule has 0 aliphatic carbocycles. The second-order valence-electron chi connectivity index (χ2n) is 5.19. The van der Waals surface area contributed by atoms with Crippen LogP contribution in [-0.4, -0.2) is 10.1 Å². The first-order chi connectivity index (χ1) is 11.3. The molecular weight excluding hydrogens is 341 g/mol. The van der Waals surface area contributed by atoms with Crippen molar-refractivity contribution in [1.29, 1.82) is 0 Å². The summed E-state index contributed by atoms with van der Waals surface area (Å²) < 4.78 is 44.9. The summed E-state index contributed by atoms with van der Waals surface area (Å²) in [5, 5.41) is 9.43. The van der Waals surface area contributed by atoms with E-state index in [1.54, 1.807) is 12.1 Å². The van der Waals surface area contributed by atoms with E-state index in [0.717, 1.165) is 29.0 Å². The first-order valence-corrected chi connectivity index (χ1v) is 7.76. The topological polar surface area (TPSA) is 68.4 Å². The van der Waals surface area contributed by atoms with Crippen LogP contribution in [0.1, 0.15) is 16.7 Å². The molecule has 0 spiro atoms. The summed E-state index contributed by atoms with van der Waals surface area (Å²) in [7, 11) is 0. The molecule has 0 amide bonds. The van der Waals surface area contributed by atoms with Crippen molar-refractivity contribution >= 4 is 26.7 Å². The van der Waals surface area contributed by atoms with Crippen molar-refractivity contribution in [1.82, 2.24) is 4.98 Å². The molecule has 1 heterocycles. The highest BCUT2D eigenvalue weighted by molar-refractivity contribution is 7.22. The number of rotatable bonds is 4. The Morgan fingerprint density at radius 2 is 1.83 bits per heavy atom. The number of thiazole rings is 1. The fraction of sp³-hybridized carbons (Fsp3) is 0.188. The molecule has 0 fully saturated rings. The molecule has 4 nitrogen and oxygen atoms in total. The summed E-state index contributed by atoms with van der Waals surface area (Å²) in [4.78, 5) is 4.09. The lowest BCUT2D eigenvalue weighted by molar-refractivity contribution is -0.137. The number of aromatic hydroxyl groups is 1. The van der Waals surface area contributed by atoms with Crippen LogP contribution in [0.4, 0.5) is 18.3 Å². The second kappa shape index (κ2) is 6.29. The Morgan fingerprint density at radius 1 is 1.12 bits per heavy atom. The number of hydrogen-bond acceptors (Lipinski definition) is 5. The molecule has 0 saturated carbocycles. The molecule has 3 rings (SSSR count). The van der Waals surface area contributed by atoms with E-state index >= 15 is 0 Å². The lowest BCUT2D eigenvalue weighted by Gasteiger charge is -2.10. The average molecular weight is 354 g/mol. The molecule has 0 aliphatic heterocycles. The van der Waals surface area contributed by atoms with Gasteiger partial charge in [0, 0.05) is 5.56 Å². The molecule has 3 N–H and O–H groups in total. The van der Waals surface area contributed by atoms with Crippen molar-refractivity contribution in [3.63, 3.8) is 0 Å². The lowest BCUT2D eigenvalue weighted by Crippen LogP contribution is -2.06. The second-order valence-corrected chi connectivity index (χ2v) is 6.25. The van der Waals surface area contributed by atoms with Gasteiger partial charge < -0.3 is 15.6 Å². The number of nitrogens with zero attached hydrogens (tertiary/aromatic N) is 1. The van der Waals surface area contributed by atoms with E-state index in [1.165, 1.54) is 12.1 Å². The van der Waals surface area contributed by atoms with E-state index in [1.807, 2.05) is 0 Å². The van der Waals surface area contributed by atoms with E-state index in [-0.39, 0.29) is 24.1 Å². The number of nitrogen functional groups attached to an aromatic ring is 1. The van der Waals surface area contributed by atoms with Crippen molar-refractivity contribution < 1.29 is 23.0 Å². The van der Waals surface area contributed by atoms with Gasteiger partial charge in [-0.15, -0.1) is 0 Å². The molecule has 1 aromatic heterocycles. The zero-order chi connectivity index (χ0) is 17.3. The molecule has 0 radical (unpaired) electrons. The molecule has 24 heavy (non-hydrogen) atoms. The van der Waals surface area contributed by atoms with Crippen LogP contribution in [0.2, 0.25) is 0 Å². The Hall–Kier alpha value is -2.32. The SMILES string of the molecule is Nc1nc2c(COCc3ccc(O)cc3)cc(C(F)(F)F)cc2s1. The highest BCUT2D eigenvalue weighted by Crippen LogP contribution is 2.36. The molecule has 3 aromatic rings. The Morgan fingerprint density at radius 3 is 2.50 bits per heavy atom. The zero-order valence-electron chi connectivity index (χ0n) is 12.3. The third-order valence-corrected chi connectivity index (χ3v) is 4.21. The van der Waals surface area contributed by atoms with E-state index in [9.17, 15) is 18.3 Å². The van der Waals surface area contributed by atoms with Crippen LogP contribution in [0.3, 0.4) is 0 Å². The minimum Gasteiger partial charge on any atom is -0.508 e. The highest BCUT2D eigenvalue weighted by Gasteiger charge is 2.31. The van der Waals surface area contributed by atoms with Gasteiger partial charge in [0.25, 0.3) is 0 Å². The molecule has 0 unspecified atom stereocenters. The molecule has 126 valence electrons. The largest absolute Gasteiger partial charge is 0.508 e. The zero-order valence-corrected chi connectivity index (χ0v) is 13.1. The van der Waals surface area contributed by atoms with Gasteiger partial charge in [0.05, 0.1) is 29.0 Å². The maximum absolute atomic E-state index is 13.0. The van der Waals surface area contributed by atoms with Gasteiger partial charge in [-0.2, -0.15) is 13.2 Å². The monoisotopic (exact) mass is 354 g/mol. The van der Waals surface area contributed by atoms with Gasteiger partial charge in [0.15, 0.2) is 5.13 Å². The number of halogens is 3. The number of hydrogen-bond donors (Lipinski definition) is 2. The van der Waals surface area contributed by atoms with Crippen molar-refractivity contribution in [2.45, 2.75) is 19.4 Å². The number of anilines is 1. The van der Waals surface area contributed by atoms with E-state index < -0.39 is 11.7 Å². The molecule has 0 saturated heterocycles. The van der Waals surface area contributed by atoms with E-state index in [4.69, 9.17) is 10.5 Å². The number of nitrogens with two attached hydrogens (primary N) is 1. The Balaban J connectivity index is 1.83. The standard InChI is InChI=1S/C16H13F3N2O2S/c17-16(18,19)11-5-10(14-13(6-11)24-15(20)21-14)8-23-7-9-1-3-12(22)4-2-9/h1-6,22H,7-8H2,(H2,20,21). The van der Waals surface area contributed by atoms with Crippen LogP contribution in [0.15, 0.2) is 36.4 Å². The van der Waals surface area contributed by atoms with Gasteiger partial charge >= 0.3 is 6.18 Å². The maximum atomic E-state index is 13.0. The summed E-state index contributed by atoms with van der Waals surface area (Å²) in [6.45, 7) is 0.183. The number of benzene rings is 2. The third kappa shape index (κ3) is 3.60. The van der Waals surface area contributed by atoms with Gasteiger partial charge in [0.2, 0.25) is 0 Å². The molecule has 2 aromatic carbocycles. The average Bonchev–Trinajstić information content (AvgIpc) is 2.88. The fourth-order valence-electron chi connectivity index (χ4n) is 2.26. The predicted molar refractivity (Wildman–Crippen MR) is 85.6 cm³/mol. The molecule has 0 atom stereocenters. The van der Waals surface area contributed by atoms with Gasteiger partial charge in [-0.05, 0) is 29.8 Å². The van der Waals surface area contributed by atoms with Crippen molar-refractivity contribution in [3.05, 3.63) is 53.1 Å². The summed E-state index contributed by atoms with van der Waals surface area (Å²) in [6, 6.07) is 8.48. The normalized spacial score (nSPS) is 12.0. The van der Waals surface area contributed by atoms with Crippen LogP contribution >= 0.6 is 11.3 Å². The highest BCUT2D eigenvalue weighted by atomic mass is 32.1. The van der Waals surface area contributed by atoms with Gasteiger partial charge in [-0.25, -0.2) is 4.98 Å². The number of alkyl halides is 3. The Bertz CT molecular complexity index is 860. The maximum Gasteiger partial charge on any atom is 0.416 e. The Labute approximate surface area is 139 Å². The number of ether oxygens (including phenoxy) is 1. The summed E-state index contributed by atoms with van der Waals surface area (Å²) in [5.41, 5.74) is 6.43. The van der Waals surface area contributed by atoms with Crippen LogP contribution < -0.4 is 5.73 Å². The minimum absolute atomic E-state index is 0.0233. The Kier molecular flexibility index (Phi) is 4.33. The van der Waals surface area contributed by atoms with Crippen molar-refractivity contribution in [3.8, 4) is 5.75 Å². The molecule has 0 aliphatic rings.